The van der Waals surface area contributed by atoms with Crippen molar-refractivity contribution in [2.24, 2.45) is 0 Å². The summed E-state index contributed by atoms with van der Waals surface area (Å²) in [5, 5.41) is 12.5. The van der Waals surface area contributed by atoms with Crippen LogP contribution in [-0.4, -0.2) is 32.1 Å². The first-order valence-electron chi connectivity index (χ1n) is 10.5. The van der Waals surface area contributed by atoms with E-state index >= 15 is 0 Å². The fourth-order valence-electron chi connectivity index (χ4n) is 3.86. The molecule has 5 heteroatoms. The highest BCUT2D eigenvalue weighted by atomic mass is 28.4. The number of benzene rings is 3. The fourth-order valence-corrected chi connectivity index (χ4v) is 8.42. The van der Waals surface area contributed by atoms with Gasteiger partial charge in [-0.1, -0.05) is 112 Å². The lowest BCUT2D eigenvalue weighted by Gasteiger charge is -2.43. The standard InChI is InChI=1S/C26H30O4Si/c1-26(2,3)31(22-15-9-5-10-16-22,23-17-11-6-12-18-23)30-20-24(27)25(28)29-19-21-13-7-4-8-14-21/h4-18,24,27H,19-20H2,1-3H3. The van der Waals surface area contributed by atoms with Crippen LogP contribution in [0.3, 0.4) is 0 Å². The topological polar surface area (TPSA) is 55.8 Å². The Kier molecular flexibility index (Phi) is 7.44. The average molecular weight is 435 g/mol. The Hall–Kier alpha value is -2.73. The predicted octanol–water partition coefficient (Wildman–Crippen LogP) is 3.67. The molecule has 1 unspecified atom stereocenters. The van der Waals surface area contributed by atoms with Crippen LogP contribution in [0.4, 0.5) is 0 Å². The number of ether oxygens (including phenoxy) is 1. The number of hydrogen-bond donors (Lipinski definition) is 1. The summed E-state index contributed by atoms with van der Waals surface area (Å²) < 4.78 is 11.9. The van der Waals surface area contributed by atoms with Crippen molar-refractivity contribution in [3.05, 3.63) is 96.6 Å². The van der Waals surface area contributed by atoms with E-state index in [1.807, 2.05) is 66.7 Å². The lowest BCUT2D eigenvalue weighted by atomic mass is 10.2. The van der Waals surface area contributed by atoms with Gasteiger partial charge in [0.05, 0.1) is 6.61 Å². The molecule has 0 saturated carbocycles. The summed E-state index contributed by atoms with van der Waals surface area (Å²) in [5.74, 6) is -0.679. The van der Waals surface area contributed by atoms with Crippen LogP contribution in [0.2, 0.25) is 5.04 Å². The molecule has 1 atom stereocenters. The lowest BCUT2D eigenvalue weighted by Crippen LogP contribution is -2.67. The van der Waals surface area contributed by atoms with Crippen LogP contribution in [0.5, 0.6) is 0 Å². The lowest BCUT2D eigenvalue weighted by molar-refractivity contribution is -0.156. The monoisotopic (exact) mass is 434 g/mol. The highest BCUT2D eigenvalue weighted by Crippen LogP contribution is 2.36. The van der Waals surface area contributed by atoms with Crippen molar-refractivity contribution in [1.82, 2.24) is 0 Å². The van der Waals surface area contributed by atoms with Gasteiger partial charge in [-0.3, -0.25) is 0 Å². The number of carbonyl (C=O) groups excluding carboxylic acids is 1. The van der Waals surface area contributed by atoms with Gasteiger partial charge in [-0.2, -0.15) is 0 Å². The Balaban J connectivity index is 1.83. The van der Waals surface area contributed by atoms with Gasteiger partial charge in [0.1, 0.15) is 6.61 Å². The minimum atomic E-state index is -2.81. The largest absolute Gasteiger partial charge is 0.459 e. The van der Waals surface area contributed by atoms with Gasteiger partial charge in [0.15, 0.2) is 6.10 Å². The normalized spacial score (nSPS) is 12.9. The Labute approximate surface area is 185 Å². The molecule has 0 saturated heterocycles. The molecule has 0 aromatic heterocycles. The van der Waals surface area contributed by atoms with E-state index < -0.39 is 20.4 Å². The van der Waals surface area contributed by atoms with Gasteiger partial charge in [-0.05, 0) is 21.0 Å². The van der Waals surface area contributed by atoms with E-state index in [1.165, 1.54) is 0 Å². The minimum absolute atomic E-state index is 0.121. The molecular formula is C26H30O4Si. The third-order valence-corrected chi connectivity index (χ3v) is 10.4. The van der Waals surface area contributed by atoms with Gasteiger partial charge < -0.3 is 14.3 Å². The molecule has 0 bridgehead atoms. The van der Waals surface area contributed by atoms with Gasteiger partial charge in [0.25, 0.3) is 8.32 Å². The maximum atomic E-state index is 12.4. The van der Waals surface area contributed by atoms with E-state index in [0.29, 0.717) is 0 Å². The van der Waals surface area contributed by atoms with Crippen molar-refractivity contribution in [3.8, 4) is 0 Å². The van der Waals surface area contributed by atoms with Crippen molar-refractivity contribution in [3.63, 3.8) is 0 Å². The van der Waals surface area contributed by atoms with Crippen molar-refractivity contribution < 1.29 is 19.1 Å². The van der Waals surface area contributed by atoms with E-state index in [1.54, 1.807) is 0 Å². The third-order valence-electron chi connectivity index (χ3n) is 5.37. The Morgan fingerprint density at radius 2 is 1.29 bits per heavy atom. The Bertz CT molecular complexity index is 913. The molecule has 0 heterocycles. The first-order chi connectivity index (χ1) is 14.8. The van der Waals surface area contributed by atoms with Crippen LogP contribution in [0, 0.1) is 0 Å². The van der Waals surface area contributed by atoms with Crippen LogP contribution in [0.15, 0.2) is 91.0 Å². The number of aliphatic hydroxyl groups is 1. The van der Waals surface area contributed by atoms with E-state index in [0.717, 1.165) is 15.9 Å². The zero-order valence-electron chi connectivity index (χ0n) is 18.3. The molecule has 3 rings (SSSR count). The van der Waals surface area contributed by atoms with Gasteiger partial charge in [0, 0.05) is 0 Å². The fraction of sp³-hybridized carbons (Fsp3) is 0.269. The van der Waals surface area contributed by atoms with Crippen LogP contribution in [0.25, 0.3) is 0 Å². The van der Waals surface area contributed by atoms with Crippen LogP contribution in [0.1, 0.15) is 26.3 Å². The summed E-state index contributed by atoms with van der Waals surface area (Å²) in [6.45, 7) is 6.45. The van der Waals surface area contributed by atoms with Crippen LogP contribution in [-0.2, 0) is 20.6 Å². The summed E-state index contributed by atoms with van der Waals surface area (Å²) in [5.41, 5.74) is 0.871. The molecule has 0 aliphatic heterocycles. The number of carbonyl (C=O) groups is 1. The number of hydrogen-bond acceptors (Lipinski definition) is 4. The average Bonchev–Trinajstić information content (AvgIpc) is 2.79. The number of esters is 1. The molecule has 1 N–H and O–H groups in total. The highest BCUT2D eigenvalue weighted by Gasteiger charge is 2.50. The van der Waals surface area contributed by atoms with Crippen molar-refractivity contribution >= 4 is 24.7 Å². The summed E-state index contributed by atoms with van der Waals surface area (Å²) in [6, 6.07) is 29.7. The van der Waals surface area contributed by atoms with Gasteiger partial charge in [-0.15, -0.1) is 0 Å². The van der Waals surface area contributed by atoms with E-state index in [9.17, 15) is 9.90 Å². The molecule has 3 aromatic carbocycles. The minimum Gasteiger partial charge on any atom is -0.459 e. The zero-order chi connectivity index (χ0) is 22.3. The molecule has 3 aromatic rings. The number of aliphatic hydroxyl groups excluding tert-OH is 1. The Morgan fingerprint density at radius 1 is 0.839 bits per heavy atom. The second-order valence-corrected chi connectivity index (χ2v) is 12.9. The molecule has 31 heavy (non-hydrogen) atoms. The second-order valence-electron chi connectivity index (χ2n) is 8.58. The molecule has 0 radical (unpaired) electrons. The Morgan fingerprint density at radius 3 is 1.74 bits per heavy atom. The maximum absolute atomic E-state index is 12.4. The summed E-state index contributed by atoms with van der Waals surface area (Å²) in [6.07, 6.45) is -1.36. The van der Waals surface area contributed by atoms with Gasteiger partial charge in [-0.25, -0.2) is 4.79 Å². The number of rotatable bonds is 8. The van der Waals surface area contributed by atoms with Gasteiger partial charge in [0.2, 0.25) is 0 Å². The third kappa shape index (κ3) is 5.31. The summed E-state index contributed by atoms with van der Waals surface area (Å²) >= 11 is 0. The maximum Gasteiger partial charge on any atom is 0.337 e. The molecule has 0 spiro atoms. The molecular weight excluding hydrogens is 404 g/mol. The van der Waals surface area contributed by atoms with E-state index in [-0.39, 0.29) is 18.3 Å². The second kappa shape index (κ2) is 10.0. The molecule has 162 valence electrons. The predicted molar refractivity (Wildman–Crippen MR) is 126 cm³/mol. The van der Waals surface area contributed by atoms with Crippen molar-refractivity contribution in [2.75, 3.05) is 6.61 Å². The van der Waals surface area contributed by atoms with Crippen molar-refractivity contribution in [2.45, 2.75) is 38.5 Å². The molecule has 0 aliphatic rings. The molecule has 0 aliphatic carbocycles. The molecule has 0 amide bonds. The van der Waals surface area contributed by atoms with Gasteiger partial charge >= 0.3 is 5.97 Å². The molecule has 4 nitrogen and oxygen atoms in total. The van der Waals surface area contributed by atoms with E-state index in [4.69, 9.17) is 9.16 Å². The van der Waals surface area contributed by atoms with E-state index in [2.05, 4.69) is 45.0 Å². The first kappa shape index (κ1) is 22.9. The van der Waals surface area contributed by atoms with Crippen molar-refractivity contribution in [1.29, 1.82) is 0 Å². The highest BCUT2D eigenvalue weighted by molar-refractivity contribution is 6.99. The first-order valence-corrected chi connectivity index (χ1v) is 12.4. The zero-order valence-corrected chi connectivity index (χ0v) is 19.3. The summed E-state index contributed by atoms with van der Waals surface area (Å²) in [4.78, 5) is 12.4. The SMILES string of the molecule is CC(C)(C)[Si](OCC(O)C(=O)OCc1ccccc1)(c1ccccc1)c1ccccc1. The summed E-state index contributed by atoms with van der Waals surface area (Å²) in [7, 11) is -2.81. The van der Waals surface area contributed by atoms with Crippen LogP contribution >= 0.6 is 0 Å². The molecule has 0 fully saturated rings. The quantitative estimate of drug-likeness (QED) is 0.434. The van der Waals surface area contributed by atoms with Crippen LogP contribution < -0.4 is 10.4 Å². The smallest absolute Gasteiger partial charge is 0.337 e.